The molecule has 2 amide bonds. The van der Waals surface area contributed by atoms with Gasteiger partial charge in [-0.2, -0.15) is 0 Å². The molecule has 4 rings (SSSR count). The molecule has 7 heteroatoms. The maximum Gasteiger partial charge on any atom is 0.317 e. The zero-order valence-corrected chi connectivity index (χ0v) is 16.0. The lowest BCUT2D eigenvalue weighted by molar-refractivity contribution is 0.171. The molecule has 2 aliphatic rings. The molecule has 3 heterocycles. The van der Waals surface area contributed by atoms with Crippen molar-refractivity contribution in [2.75, 3.05) is 13.1 Å². The minimum atomic E-state index is 0.110. The van der Waals surface area contributed by atoms with Gasteiger partial charge in [0.05, 0.1) is 17.7 Å². The summed E-state index contributed by atoms with van der Waals surface area (Å²) < 4.78 is 2.18. The monoisotopic (exact) mass is 373 g/mol. The number of nitrogens with zero attached hydrogens (tertiary/aromatic N) is 4. The first-order valence-corrected chi connectivity index (χ1v) is 10.7. The van der Waals surface area contributed by atoms with Crippen LogP contribution in [0.15, 0.2) is 23.3 Å². The van der Waals surface area contributed by atoms with Crippen LogP contribution in [0.1, 0.15) is 62.4 Å². The number of thiazole rings is 1. The highest BCUT2D eigenvalue weighted by Gasteiger charge is 2.28. The smallest absolute Gasteiger partial charge is 0.317 e. The van der Waals surface area contributed by atoms with Crippen molar-refractivity contribution in [3.05, 3.63) is 34.8 Å². The van der Waals surface area contributed by atoms with Crippen LogP contribution in [-0.4, -0.2) is 44.6 Å². The third kappa shape index (κ3) is 4.09. The normalized spacial score (nSPS) is 21.7. The van der Waals surface area contributed by atoms with Gasteiger partial charge in [-0.1, -0.05) is 19.3 Å². The Morgan fingerprint density at radius 2 is 2.08 bits per heavy atom. The molecule has 2 fully saturated rings. The minimum absolute atomic E-state index is 0.110. The van der Waals surface area contributed by atoms with E-state index in [9.17, 15) is 4.79 Å². The van der Waals surface area contributed by atoms with Gasteiger partial charge < -0.3 is 14.8 Å². The van der Waals surface area contributed by atoms with Crippen molar-refractivity contribution in [1.29, 1.82) is 0 Å². The van der Waals surface area contributed by atoms with Gasteiger partial charge in [0.1, 0.15) is 5.82 Å². The van der Waals surface area contributed by atoms with Gasteiger partial charge in [0.15, 0.2) is 0 Å². The number of carbonyl (C=O) groups excluding carboxylic acids is 1. The molecule has 0 bridgehead atoms. The lowest BCUT2D eigenvalue weighted by atomic mass is 9.95. The molecule has 2 aromatic heterocycles. The van der Waals surface area contributed by atoms with Crippen LogP contribution >= 0.6 is 11.3 Å². The van der Waals surface area contributed by atoms with E-state index in [2.05, 4.69) is 25.2 Å². The maximum atomic E-state index is 12.7. The lowest BCUT2D eigenvalue weighted by Crippen LogP contribution is -2.48. The van der Waals surface area contributed by atoms with Crippen LogP contribution < -0.4 is 5.32 Å². The molecule has 1 atom stereocenters. The van der Waals surface area contributed by atoms with E-state index in [1.54, 1.807) is 11.3 Å². The van der Waals surface area contributed by atoms with Crippen molar-refractivity contribution < 1.29 is 4.79 Å². The summed E-state index contributed by atoms with van der Waals surface area (Å²) >= 11 is 1.62. The molecule has 0 unspecified atom stereocenters. The molecule has 6 nitrogen and oxygen atoms in total. The summed E-state index contributed by atoms with van der Waals surface area (Å²) in [5.41, 5.74) is 2.93. The van der Waals surface area contributed by atoms with E-state index in [1.807, 2.05) is 22.8 Å². The number of urea groups is 1. The minimum Gasteiger partial charge on any atom is -0.335 e. The van der Waals surface area contributed by atoms with Crippen LogP contribution in [0, 0.1) is 0 Å². The average Bonchev–Trinajstić information content (AvgIpc) is 3.35. The van der Waals surface area contributed by atoms with Gasteiger partial charge in [0, 0.05) is 42.8 Å². The number of nitrogens with one attached hydrogen (secondary N) is 1. The van der Waals surface area contributed by atoms with Crippen molar-refractivity contribution in [3.63, 3.8) is 0 Å². The number of amides is 2. The Morgan fingerprint density at radius 1 is 1.19 bits per heavy atom. The molecule has 140 valence electrons. The third-order valence-corrected chi connectivity index (χ3v) is 6.21. The molecule has 2 aromatic rings. The van der Waals surface area contributed by atoms with Crippen molar-refractivity contribution in [2.45, 2.75) is 63.5 Å². The third-order valence-electron chi connectivity index (χ3n) is 5.57. The van der Waals surface area contributed by atoms with E-state index in [4.69, 9.17) is 0 Å². The first kappa shape index (κ1) is 17.5. The number of aromatic nitrogens is 3. The summed E-state index contributed by atoms with van der Waals surface area (Å²) in [5, 5.41) is 5.33. The predicted molar refractivity (Wildman–Crippen MR) is 102 cm³/mol. The zero-order valence-electron chi connectivity index (χ0n) is 15.1. The highest BCUT2D eigenvalue weighted by atomic mass is 32.1. The molecule has 0 spiro atoms. The second-order valence-electron chi connectivity index (χ2n) is 7.46. The van der Waals surface area contributed by atoms with Gasteiger partial charge in [-0.15, -0.1) is 11.3 Å². The van der Waals surface area contributed by atoms with Gasteiger partial charge in [0.2, 0.25) is 0 Å². The van der Waals surface area contributed by atoms with Crippen LogP contribution in [0.5, 0.6) is 0 Å². The van der Waals surface area contributed by atoms with Crippen molar-refractivity contribution in [3.8, 4) is 0 Å². The van der Waals surface area contributed by atoms with E-state index < -0.39 is 0 Å². The highest BCUT2D eigenvalue weighted by Crippen LogP contribution is 2.27. The average molecular weight is 374 g/mol. The number of piperidine rings is 1. The Labute approximate surface area is 158 Å². The Kier molecular flexibility index (Phi) is 5.53. The van der Waals surface area contributed by atoms with Gasteiger partial charge in [0.25, 0.3) is 0 Å². The van der Waals surface area contributed by atoms with Gasteiger partial charge >= 0.3 is 6.03 Å². The number of imidazole rings is 1. The number of hydrogen-bond acceptors (Lipinski definition) is 4. The summed E-state index contributed by atoms with van der Waals surface area (Å²) in [6.45, 7) is 2.36. The fourth-order valence-corrected chi connectivity index (χ4v) is 4.74. The van der Waals surface area contributed by atoms with E-state index in [0.717, 1.165) is 56.8 Å². The molecule has 1 saturated carbocycles. The summed E-state index contributed by atoms with van der Waals surface area (Å²) in [4.78, 5) is 23.7. The van der Waals surface area contributed by atoms with Crippen LogP contribution in [0.25, 0.3) is 0 Å². The SMILES string of the molecule is O=C(NC1CCCCC1)N1CCC[C@H](c2nccn2Cc2cscn2)C1. The van der Waals surface area contributed by atoms with Crippen LogP contribution in [-0.2, 0) is 6.54 Å². The van der Waals surface area contributed by atoms with Crippen LogP contribution in [0.3, 0.4) is 0 Å². The van der Waals surface area contributed by atoms with Crippen molar-refractivity contribution in [2.24, 2.45) is 0 Å². The van der Waals surface area contributed by atoms with Gasteiger partial charge in [-0.05, 0) is 25.7 Å². The maximum absolute atomic E-state index is 12.7. The Balaban J connectivity index is 1.39. The second kappa shape index (κ2) is 8.20. The molecule has 0 aromatic carbocycles. The Bertz CT molecular complexity index is 707. The molecule has 1 saturated heterocycles. The Hall–Kier alpha value is -1.89. The fourth-order valence-electron chi connectivity index (χ4n) is 4.19. The first-order valence-electron chi connectivity index (χ1n) is 9.73. The van der Waals surface area contributed by atoms with E-state index in [0.29, 0.717) is 12.0 Å². The van der Waals surface area contributed by atoms with Crippen molar-refractivity contribution in [1.82, 2.24) is 24.8 Å². The standard InChI is InChI=1S/C19H27N5OS/c25-19(22-16-6-2-1-3-7-16)24-9-4-5-15(11-24)18-20-8-10-23(18)12-17-13-26-14-21-17/h8,10,13-16H,1-7,9,11-12H2,(H,22,25)/t15-/m0/s1. The predicted octanol–water partition coefficient (Wildman–Crippen LogP) is 3.61. The zero-order chi connectivity index (χ0) is 17.8. The van der Waals surface area contributed by atoms with Crippen LogP contribution in [0.4, 0.5) is 4.79 Å². The lowest BCUT2D eigenvalue weighted by Gasteiger charge is -2.34. The Morgan fingerprint density at radius 3 is 2.88 bits per heavy atom. The van der Waals surface area contributed by atoms with E-state index >= 15 is 0 Å². The molecule has 1 aliphatic carbocycles. The van der Waals surface area contributed by atoms with E-state index in [-0.39, 0.29) is 6.03 Å². The first-order chi connectivity index (χ1) is 12.8. The molecular weight excluding hydrogens is 346 g/mol. The van der Waals surface area contributed by atoms with Crippen molar-refractivity contribution >= 4 is 17.4 Å². The molecule has 1 N–H and O–H groups in total. The van der Waals surface area contributed by atoms with Gasteiger partial charge in [-0.25, -0.2) is 14.8 Å². The fraction of sp³-hybridized carbons (Fsp3) is 0.632. The van der Waals surface area contributed by atoms with E-state index in [1.165, 1.54) is 19.3 Å². The summed E-state index contributed by atoms with van der Waals surface area (Å²) in [6, 6.07) is 0.475. The molecule has 1 aliphatic heterocycles. The topological polar surface area (TPSA) is 63.1 Å². The number of hydrogen-bond donors (Lipinski definition) is 1. The second-order valence-corrected chi connectivity index (χ2v) is 8.18. The number of rotatable bonds is 4. The summed E-state index contributed by atoms with van der Waals surface area (Å²) in [6.07, 6.45) is 12.0. The number of likely N-dealkylation sites (tertiary alicyclic amines) is 1. The highest BCUT2D eigenvalue weighted by molar-refractivity contribution is 7.07. The molecule has 26 heavy (non-hydrogen) atoms. The molecular formula is C19H27N5OS. The van der Waals surface area contributed by atoms with Crippen LogP contribution in [0.2, 0.25) is 0 Å². The summed E-state index contributed by atoms with van der Waals surface area (Å²) in [7, 11) is 0. The summed E-state index contributed by atoms with van der Waals surface area (Å²) in [5.74, 6) is 1.38. The number of carbonyl (C=O) groups is 1. The molecule has 0 radical (unpaired) electrons. The van der Waals surface area contributed by atoms with Gasteiger partial charge in [-0.3, -0.25) is 0 Å². The largest absolute Gasteiger partial charge is 0.335 e. The quantitative estimate of drug-likeness (QED) is 0.890.